The molecule has 0 saturated carbocycles. The molecule has 0 spiro atoms. The lowest BCUT2D eigenvalue weighted by atomic mass is 10.0. The van der Waals surface area contributed by atoms with E-state index in [4.69, 9.17) is 0 Å². The Hall–Kier alpha value is -3.29. The van der Waals surface area contributed by atoms with Crippen LogP contribution in [-0.4, -0.2) is 47.8 Å². The number of hydrogen-bond acceptors (Lipinski definition) is 3. The van der Waals surface area contributed by atoms with E-state index in [-0.39, 0.29) is 18.4 Å². The van der Waals surface area contributed by atoms with Gasteiger partial charge < -0.3 is 15.5 Å². The van der Waals surface area contributed by atoms with Crippen molar-refractivity contribution in [1.29, 1.82) is 0 Å². The van der Waals surface area contributed by atoms with Crippen LogP contribution in [0.2, 0.25) is 0 Å². The van der Waals surface area contributed by atoms with E-state index >= 15 is 0 Å². The van der Waals surface area contributed by atoms with Gasteiger partial charge in [-0.2, -0.15) is 0 Å². The van der Waals surface area contributed by atoms with Crippen LogP contribution in [0.5, 0.6) is 0 Å². The average Bonchev–Trinajstić information content (AvgIpc) is 2.76. The Bertz CT molecular complexity index is 986. The van der Waals surface area contributed by atoms with E-state index in [0.717, 1.165) is 17.7 Å². The fourth-order valence-electron chi connectivity index (χ4n) is 3.76. The molecular weight excluding hydrogens is 416 g/mol. The van der Waals surface area contributed by atoms with E-state index in [2.05, 4.69) is 10.6 Å². The van der Waals surface area contributed by atoms with Crippen molar-refractivity contribution in [2.24, 2.45) is 0 Å². The summed E-state index contributed by atoms with van der Waals surface area (Å²) in [4.78, 5) is 38.8. The Labute approximate surface area is 186 Å². The zero-order valence-corrected chi connectivity index (χ0v) is 18.2. The molecule has 1 fully saturated rings. The maximum Gasteiger partial charge on any atom is 0.253 e. The third kappa shape index (κ3) is 6.12. The molecule has 0 radical (unpaired) electrons. The second kappa shape index (κ2) is 10.3. The van der Waals surface area contributed by atoms with Crippen molar-refractivity contribution >= 4 is 17.7 Å². The van der Waals surface area contributed by atoms with Gasteiger partial charge in [0.05, 0.1) is 0 Å². The SMILES string of the molecule is CC(=O)N[C@H](Cc1ccc(F)c(F)c1)C(=O)NC1CCN(C(=O)c2ccc(C)cc2)CC1. The summed E-state index contributed by atoms with van der Waals surface area (Å²) < 4.78 is 26.7. The Kier molecular flexibility index (Phi) is 7.56. The smallest absolute Gasteiger partial charge is 0.253 e. The molecule has 6 nitrogen and oxygen atoms in total. The van der Waals surface area contributed by atoms with Crippen molar-refractivity contribution in [1.82, 2.24) is 15.5 Å². The van der Waals surface area contributed by atoms with Crippen molar-refractivity contribution in [3.8, 4) is 0 Å². The first-order chi connectivity index (χ1) is 15.2. The maximum atomic E-state index is 13.5. The van der Waals surface area contributed by atoms with E-state index in [0.29, 0.717) is 37.1 Å². The van der Waals surface area contributed by atoms with Crippen molar-refractivity contribution in [2.45, 2.75) is 45.2 Å². The van der Waals surface area contributed by atoms with E-state index < -0.39 is 29.5 Å². The van der Waals surface area contributed by atoms with Crippen molar-refractivity contribution in [3.05, 3.63) is 70.8 Å². The molecule has 8 heteroatoms. The largest absolute Gasteiger partial charge is 0.351 e. The number of benzene rings is 2. The zero-order chi connectivity index (χ0) is 23.3. The fraction of sp³-hybridized carbons (Fsp3) is 0.375. The van der Waals surface area contributed by atoms with E-state index in [9.17, 15) is 23.2 Å². The molecular formula is C24H27F2N3O3. The number of halogens is 2. The van der Waals surface area contributed by atoms with Crippen LogP contribution in [0.1, 0.15) is 41.3 Å². The highest BCUT2D eigenvalue weighted by molar-refractivity contribution is 5.94. The number of carbonyl (C=O) groups excluding carboxylic acids is 3. The molecule has 2 aromatic rings. The summed E-state index contributed by atoms with van der Waals surface area (Å²) in [5.41, 5.74) is 2.12. The summed E-state index contributed by atoms with van der Waals surface area (Å²) in [5, 5.41) is 5.49. The summed E-state index contributed by atoms with van der Waals surface area (Å²) in [6.07, 6.45) is 1.20. The summed E-state index contributed by atoms with van der Waals surface area (Å²) in [6.45, 7) is 4.27. The third-order valence-electron chi connectivity index (χ3n) is 5.54. The number of hydrogen-bond donors (Lipinski definition) is 2. The fourth-order valence-corrected chi connectivity index (χ4v) is 3.76. The summed E-state index contributed by atoms with van der Waals surface area (Å²) >= 11 is 0. The molecule has 0 unspecified atom stereocenters. The molecule has 0 bridgehead atoms. The highest BCUT2D eigenvalue weighted by Crippen LogP contribution is 2.16. The molecule has 1 atom stereocenters. The molecule has 1 aliphatic heterocycles. The first-order valence-electron chi connectivity index (χ1n) is 10.6. The Morgan fingerprint density at radius 3 is 2.28 bits per heavy atom. The van der Waals surface area contributed by atoms with Crippen LogP contribution < -0.4 is 10.6 Å². The number of likely N-dealkylation sites (tertiary alicyclic amines) is 1. The van der Waals surface area contributed by atoms with Crippen LogP contribution in [-0.2, 0) is 16.0 Å². The normalized spacial score (nSPS) is 15.2. The highest BCUT2D eigenvalue weighted by atomic mass is 19.2. The molecule has 2 N–H and O–H groups in total. The van der Waals surface area contributed by atoms with Crippen LogP contribution in [0.3, 0.4) is 0 Å². The third-order valence-corrected chi connectivity index (χ3v) is 5.54. The van der Waals surface area contributed by atoms with Gasteiger partial charge in [-0.15, -0.1) is 0 Å². The summed E-state index contributed by atoms with van der Waals surface area (Å²) in [7, 11) is 0. The monoisotopic (exact) mass is 443 g/mol. The molecule has 0 aliphatic carbocycles. The number of nitrogens with zero attached hydrogens (tertiary/aromatic N) is 1. The number of carbonyl (C=O) groups is 3. The molecule has 3 rings (SSSR count). The van der Waals surface area contributed by atoms with Crippen LogP contribution in [0.4, 0.5) is 8.78 Å². The lowest BCUT2D eigenvalue weighted by Crippen LogP contribution is -2.53. The zero-order valence-electron chi connectivity index (χ0n) is 18.2. The number of piperidine rings is 1. The lowest BCUT2D eigenvalue weighted by molar-refractivity contribution is -0.128. The Balaban J connectivity index is 1.57. The van der Waals surface area contributed by atoms with Crippen molar-refractivity contribution < 1.29 is 23.2 Å². The van der Waals surface area contributed by atoms with Crippen molar-refractivity contribution in [3.63, 3.8) is 0 Å². The van der Waals surface area contributed by atoms with Gasteiger partial charge in [-0.25, -0.2) is 8.78 Å². The average molecular weight is 443 g/mol. The molecule has 1 heterocycles. The molecule has 2 aromatic carbocycles. The van der Waals surface area contributed by atoms with E-state index in [1.54, 1.807) is 4.90 Å². The Morgan fingerprint density at radius 1 is 1.03 bits per heavy atom. The number of nitrogens with one attached hydrogen (secondary N) is 2. The molecule has 0 aromatic heterocycles. The van der Waals surface area contributed by atoms with Gasteiger partial charge in [-0.3, -0.25) is 14.4 Å². The molecule has 1 aliphatic rings. The quantitative estimate of drug-likeness (QED) is 0.721. The van der Waals surface area contributed by atoms with Gasteiger partial charge in [0.2, 0.25) is 11.8 Å². The van der Waals surface area contributed by atoms with Crippen molar-refractivity contribution in [2.75, 3.05) is 13.1 Å². The first-order valence-corrected chi connectivity index (χ1v) is 10.6. The predicted octanol–water partition coefficient (Wildman–Crippen LogP) is 2.74. The Morgan fingerprint density at radius 2 is 1.69 bits per heavy atom. The van der Waals surface area contributed by atoms with Gasteiger partial charge in [0, 0.05) is 38.0 Å². The number of aryl methyl sites for hydroxylation is 1. The minimum atomic E-state index is -1.00. The topological polar surface area (TPSA) is 78.5 Å². The summed E-state index contributed by atoms with van der Waals surface area (Å²) in [6, 6.07) is 9.75. The highest BCUT2D eigenvalue weighted by Gasteiger charge is 2.27. The molecule has 3 amide bonds. The van der Waals surface area contributed by atoms with Crippen LogP contribution in [0.25, 0.3) is 0 Å². The van der Waals surface area contributed by atoms with Gasteiger partial charge in [0.1, 0.15) is 6.04 Å². The minimum absolute atomic E-state index is 0.0351. The van der Waals surface area contributed by atoms with E-state index in [1.807, 2.05) is 31.2 Å². The van der Waals surface area contributed by atoms with E-state index in [1.165, 1.54) is 13.0 Å². The van der Waals surface area contributed by atoms with Gasteiger partial charge in [0.25, 0.3) is 5.91 Å². The van der Waals surface area contributed by atoms with Crippen LogP contribution in [0, 0.1) is 18.6 Å². The molecule has 32 heavy (non-hydrogen) atoms. The van der Waals surface area contributed by atoms with Crippen LogP contribution in [0.15, 0.2) is 42.5 Å². The summed E-state index contributed by atoms with van der Waals surface area (Å²) in [5.74, 6) is -2.81. The van der Waals surface area contributed by atoms with Gasteiger partial charge in [-0.1, -0.05) is 23.8 Å². The number of rotatable bonds is 6. The van der Waals surface area contributed by atoms with Crippen LogP contribution >= 0.6 is 0 Å². The number of amides is 3. The molecule has 170 valence electrons. The molecule has 1 saturated heterocycles. The van der Waals surface area contributed by atoms with Gasteiger partial charge in [0.15, 0.2) is 11.6 Å². The maximum absolute atomic E-state index is 13.5. The second-order valence-electron chi connectivity index (χ2n) is 8.15. The standard InChI is InChI=1S/C24H27F2N3O3/c1-15-3-6-18(7-4-15)24(32)29-11-9-19(10-12-29)28-23(31)22(27-16(2)30)14-17-5-8-20(25)21(26)13-17/h3-8,13,19,22H,9-12,14H2,1-2H3,(H,27,30)(H,28,31)/t22-/m1/s1. The second-order valence-corrected chi connectivity index (χ2v) is 8.15. The van der Waals surface area contributed by atoms with Gasteiger partial charge in [-0.05, 0) is 49.6 Å². The van der Waals surface area contributed by atoms with Gasteiger partial charge >= 0.3 is 0 Å². The predicted molar refractivity (Wildman–Crippen MR) is 116 cm³/mol. The minimum Gasteiger partial charge on any atom is -0.351 e. The first kappa shape index (κ1) is 23.4. The lowest BCUT2D eigenvalue weighted by Gasteiger charge is -2.33.